The van der Waals surface area contributed by atoms with Gasteiger partial charge in [0.05, 0.1) is 30.6 Å². The summed E-state index contributed by atoms with van der Waals surface area (Å²) in [5.74, 6) is -0.738. The monoisotopic (exact) mass is 273 g/mol. The number of nitrogens with zero attached hydrogens (tertiary/aromatic N) is 2. The van der Waals surface area contributed by atoms with E-state index >= 15 is 0 Å². The van der Waals surface area contributed by atoms with Gasteiger partial charge in [0.1, 0.15) is 5.82 Å². The van der Waals surface area contributed by atoms with Crippen molar-refractivity contribution in [3.63, 3.8) is 0 Å². The summed E-state index contributed by atoms with van der Waals surface area (Å²) in [4.78, 5) is 20.3. The summed E-state index contributed by atoms with van der Waals surface area (Å²) in [5.41, 5.74) is 2.28. The third kappa shape index (κ3) is 1.89. The molecule has 3 heterocycles. The Morgan fingerprint density at radius 1 is 1.25 bits per heavy atom. The quantitative estimate of drug-likeness (QED) is 0.866. The molecule has 20 heavy (non-hydrogen) atoms. The minimum atomic E-state index is -0.469. The van der Waals surface area contributed by atoms with Crippen molar-refractivity contribution in [2.45, 2.75) is 12.8 Å². The summed E-state index contributed by atoms with van der Waals surface area (Å²) in [5, 5.41) is 2.79. The number of methoxy groups -OCH3 is 1. The van der Waals surface area contributed by atoms with Crippen LogP contribution in [0.25, 0.3) is 11.1 Å². The van der Waals surface area contributed by atoms with Gasteiger partial charge in [0.25, 0.3) is 0 Å². The number of carbonyl (C=O) groups excluding carboxylic acids is 1. The number of aromatic nitrogens is 2. The van der Waals surface area contributed by atoms with E-state index in [0.717, 1.165) is 6.20 Å². The van der Waals surface area contributed by atoms with Gasteiger partial charge in [0.15, 0.2) is 0 Å². The number of nitrogens with one attached hydrogen (secondary N) is 1. The summed E-state index contributed by atoms with van der Waals surface area (Å²) in [6.07, 6.45) is 2.66. The third-order valence-electron chi connectivity index (χ3n) is 3.32. The molecule has 0 radical (unpaired) electrons. The lowest BCUT2D eigenvalue weighted by molar-refractivity contribution is -0.117. The molecule has 1 atom stereocenters. The van der Waals surface area contributed by atoms with E-state index in [0.29, 0.717) is 28.4 Å². The summed E-state index contributed by atoms with van der Waals surface area (Å²) < 4.78 is 18.5. The Labute approximate surface area is 114 Å². The van der Waals surface area contributed by atoms with Gasteiger partial charge >= 0.3 is 0 Å². The molecule has 2 aromatic rings. The molecule has 0 saturated carbocycles. The van der Waals surface area contributed by atoms with Gasteiger partial charge in [0.2, 0.25) is 11.8 Å². The van der Waals surface area contributed by atoms with Crippen molar-refractivity contribution in [2.24, 2.45) is 0 Å². The Bertz CT molecular complexity index is 703. The van der Waals surface area contributed by atoms with Crippen molar-refractivity contribution >= 4 is 11.6 Å². The maximum absolute atomic E-state index is 13.5. The van der Waals surface area contributed by atoms with Gasteiger partial charge in [-0.15, -0.1) is 0 Å². The second kappa shape index (κ2) is 4.56. The first-order valence-corrected chi connectivity index (χ1v) is 6.11. The summed E-state index contributed by atoms with van der Waals surface area (Å²) in [6, 6.07) is 2.98. The predicted octanol–water partition coefficient (Wildman–Crippen LogP) is 2.35. The topological polar surface area (TPSA) is 64.1 Å². The number of anilines is 1. The molecule has 0 aromatic carbocycles. The van der Waals surface area contributed by atoms with E-state index in [1.807, 2.05) is 0 Å². The van der Waals surface area contributed by atoms with Crippen LogP contribution in [0.2, 0.25) is 0 Å². The fourth-order valence-electron chi connectivity index (χ4n) is 2.24. The first-order valence-electron chi connectivity index (χ1n) is 6.11. The zero-order valence-electron chi connectivity index (χ0n) is 11.0. The summed E-state index contributed by atoms with van der Waals surface area (Å²) >= 11 is 0. The van der Waals surface area contributed by atoms with Crippen LogP contribution in [0, 0.1) is 5.82 Å². The smallest absolute Gasteiger partial charge is 0.233 e. The molecule has 1 aliphatic rings. The van der Waals surface area contributed by atoms with Crippen molar-refractivity contribution in [3.8, 4) is 17.0 Å². The summed E-state index contributed by atoms with van der Waals surface area (Å²) in [7, 11) is 1.49. The SMILES string of the molecule is COc1cc2c(cn1)-c1cc(F)cnc1C(C)C(=O)N2. The molecule has 0 bridgehead atoms. The van der Waals surface area contributed by atoms with Crippen LogP contribution >= 0.6 is 0 Å². The maximum Gasteiger partial charge on any atom is 0.233 e. The third-order valence-corrected chi connectivity index (χ3v) is 3.32. The van der Waals surface area contributed by atoms with Gasteiger partial charge in [-0.25, -0.2) is 9.37 Å². The first kappa shape index (κ1) is 12.5. The largest absolute Gasteiger partial charge is 0.481 e. The highest BCUT2D eigenvalue weighted by Crippen LogP contribution is 2.37. The number of halogens is 1. The minimum Gasteiger partial charge on any atom is -0.481 e. The molecule has 1 unspecified atom stereocenters. The Morgan fingerprint density at radius 3 is 2.80 bits per heavy atom. The second-order valence-electron chi connectivity index (χ2n) is 4.57. The van der Waals surface area contributed by atoms with Gasteiger partial charge in [0, 0.05) is 23.4 Å². The number of hydrogen-bond acceptors (Lipinski definition) is 4. The van der Waals surface area contributed by atoms with E-state index in [9.17, 15) is 9.18 Å². The number of amides is 1. The molecular formula is C14H12FN3O2. The normalized spacial score (nSPS) is 16.8. The van der Waals surface area contributed by atoms with Crippen molar-refractivity contribution in [1.82, 2.24) is 9.97 Å². The average molecular weight is 273 g/mol. The van der Waals surface area contributed by atoms with Crippen LogP contribution < -0.4 is 10.1 Å². The number of ether oxygens (including phenoxy) is 1. The number of fused-ring (bicyclic) bond motifs is 3. The molecule has 0 fully saturated rings. The molecule has 0 spiro atoms. The van der Waals surface area contributed by atoms with Gasteiger partial charge in [-0.05, 0) is 13.0 Å². The highest BCUT2D eigenvalue weighted by atomic mass is 19.1. The summed E-state index contributed by atoms with van der Waals surface area (Å²) in [6.45, 7) is 1.73. The molecular weight excluding hydrogens is 261 g/mol. The fourth-order valence-corrected chi connectivity index (χ4v) is 2.24. The van der Waals surface area contributed by atoms with Gasteiger partial charge < -0.3 is 10.1 Å². The Morgan fingerprint density at radius 2 is 2.05 bits per heavy atom. The average Bonchev–Trinajstić information content (AvgIpc) is 2.55. The van der Waals surface area contributed by atoms with Crippen LogP contribution in [0.3, 0.4) is 0 Å². The second-order valence-corrected chi connectivity index (χ2v) is 4.57. The number of carbonyl (C=O) groups is 1. The molecule has 1 aliphatic heterocycles. The lowest BCUT2D eigenvalue weighted by Gasteiger charge is -2.09. The zero-order chi connectivity index (χ0) is 14.3. The van der Waals surface area contributed by atoms with Crippen molar-refractivity contribution in [2.75, 3.05) is 12.4 Å². The van der Waals surface area contributed by atoms with Gasteiger partial charge in [-0.1, -0.05) is 0 Å². The lowest BCUT2D eigenvalue weighted by atomic mass is 9.98. The highest BCUT2D eigenvalue weighted by Gasteiger charge is 2.27. The Hall–Kier alpha value is -2.50. The van der Waals surface area contributed by atoms with E-state index in [2.05, 4.69) is 15.3 Å². The molecule has 2 aromatic heterocycles. The minimum absolute atomic E-state index is 0.197. The highest BCUT2D eigenvalue weighted by molar-refractivity contribution is 6.02. The molecule has 5 nitrogen and oxygen atoms in total. The zero-order valence-corrected chi connectivity index (χ0v) is 11.0. The molecule has 6 heteroatoms. The van der Waals surface area contributed by atoms with Crippen LogP contribution in [-0.2, 0) is 4.79 Å². The molecule has 0 aliphatic carbocycles. The van der Waals surface area contributed by atoms with Crippen LogP contribution in [0.1, 0.15) is 18.5 Å². The van der Waals surface area contributed by atoms with Crippen molar-refractivity contribution in [3.05, 3.63) is 36.0 Å². The fraction of sp³-hybridized carbons (Fsp3) is 0.214. The lowest BCUT2D eigenvalue weighted by Crippen LogP contribution is -2.18. The van der Waals surface area contributed by atoms with E-state index in [1.165, 1.54) is 13.2 Å². The molecule has 102 valence electrons. The van der Waals surface area contributed by atoms with Crippen LogP contribution in [0.4, 0.5) is 10.1 Å². The van der Waals surface area contributed by atoms with Crippen LogP contribution in [0.15, 0.2) is 24.5 Å². The molecule has 1 amide bonds. The standard InChI is InChI=1S/C14H12FN3O2/c1-7-13-9(3-8(15)5-17-13)10-6-16-12(20-2)4-11(10)18-14(7)19/h3-7H,1-2H3,(H,18,19). The molecule has 1 N–H and O–H groups in total. The van der Waals surface area contributed by atoms with Gasteiger partial charge in [-0.3, -0.25) is 9.78 Å². The molecule has 3 rings (SSSR count). The van der Waals surface area contributed by atoms with Crippen LogP contribution in [0.5, 0.6) is 5.88 Å². The van der Waals surface area contributed by atoms with Crippen molar-refractivity contribution in [1.29, 1.82) is 0 Å². The van der Waals surface area contributed by atoms with Crippen LogP contribution in [-0.4, -0.2) is 23.0 Å². The Kier molecular flexibility index (Phi) is 2.85. The maximum atomic E-state index is 13.5. The number of rotatable bonds is 1. The molecule has 0 saturated heterocycles. The Balaban J connectivity index is 2.28. The first-order chi connectivity index (χ1) is 9.60. The van der Waals surface area contributed by atoms with E-state index in [4.69, 9.17) is 4.74 Å². The number of hydrogen-bond donors (Lipinski definition) is 1. The number of pyridine rings is 2. The van der Waals surface area contributed by atoms with E-state index in [-0.39, 0.29) is 5.91 Å². The van der Waals surface area contributed by atoms with Gasteiger partial charge in [-0.2, -0.15) is 0 Å². The van der Waals surface area contributed by atoms with Crippen molar-refractivity contribution < 1.29 is 13.9 Å². The predicted molar refractivity (Wildman–Crippen MR) is 71.0 cm³/mol. The van der Waals surface area contributed by atoms with E-state index < -0.39 is 11.7 Å². The van der Waals surface area contributed by atoms with E-state index in [1.54, 1.807) is 19.2 Å².